The van der Waals surface area contributed by atoms with Crippen molar-refractivity contribution in [1.29, 1.82) is 0 Å². The maximum absolute atomic E-state index is 12.9. The minimum absolute atomic E-state index is 0.0502. The average molecular weight is 475 g/mol. The largest absolute Gasteiger partial charge is 0.336 e. The second-order valence-electron chi connectivity index (χ2n) is 8.11. The highest BCUT2D eigenvalue weighted by molar-refractivity contribution is 7.90. The first-order valence-electron chi connectivity index (χ1n) is 10.3. The summed E-state index contributed by atoms with van der Waals surface area (Å²) in [5.41, 5.74) is 2.35. The highest BCUT2D eigenvalue weighted by Crippen LogP contribution is 2.23. The van der Waals surface area contributed by atoms with E-state index in [1.807, 2.05) is 36.9 Å². The van der Waals surface area contributed by atoms with Gasteiger partial charge in [-0.15, -0.1) is 0 Å². The fraction of sp³-hybridized carbons (Fsp3) is 0.364. The Morgan fingerprint density at radius 2 is 1.76 bits per heavy atom. The highest BCUT2D eigenvalue weighted by Gasteiger charge is 2.26. The summed E-state index contributed by atoms with van der Waals surface area (Å²) in [6.45, 7) is 5.60. The van der Waals surface area contributed by atoms with Crippen LogP contribution in [0, 0.1) is 24.0 Å². The van der Waals surface area contributed by atoms with Crippen molar-refractivity contribution >= 4 is 33.0 Å². The van der Waals surface area contributed by atoms with Crippen molar-refractivity contribution in [2.24, 2.45) is 0 Å². The standard InChI is InChI=1S/C22H26N4O6S/c1-15-5-4-6-20(16(15)2)23-21(27)14-24-7-9-25(10-8-24)22(28)17-11-18(26(29)30)13-19(12-17)33(3,31)32/h4-6,11-13H,7-10,14H2,1-3H3,(H,23,27). The summed E-state index contributed by atoms with van der Waals surface area (Å²) >= 11 is 0. The Balaban J connectivity index is 1.63. The molecule has 0 aliphatic carbocycles. The maximum Gasteiger partial charge on any atom is 0.271 e. The Morgan fingerprint density at radius 1 is 1.09 bits per heavy atom. The van der Waals surface area contributed by atoms with Gasteiger partial charge in [0.15, 0.2) is 9.84 Å². The van der Waals surface area contributed by atoms with Crippen LogP contribution in [-0.2, 0) is 14.6 Å². The molecule has 0 radical (unpaired) electrons. The molecule has 0 bridgehead atoms. The lowest BCUT2D eigenvalue weighted by Crippen LogP contribution is -2.50. The van der Waals surface area contributed by atoms with Crippen LogP contribution in [0.4, 0.5) is 11.4 Å². The fourth-order valence-electron chi connectivity index (χ4n) is 3.60. The predicted molar refractivity (Wildman–Crippen MR) is 123 cm³/mol. The smallest absolute Gasteiger partial charge is 0.271 e. The number of nitrogens with zero attached hydrogens (tertiary/aromatic N) is 3. The van der Waals surface area contributed by atoms with E-state index in [4.69, 9.17) is 0 Å². The Hall–Kier alpha value is -3.31. The number of non-ortho nitro benzene ring substituents is 1. The van der Waals surface area contributed by atoms with Gasteiger partial charge in [-0.2, -0.15) is 0 Å². The molecule has 1 fully saturated rings. The summed E-state index contributed by atoms with van der Waals surface area (Å²) in [4.78, 5) is 39.0. The van der Waals surface area contributed by atoms with E-state index < -0.39 is 26.4 Å². The number of hydrogen-bond acceptors (Lipinski definition) is 7. The second-order valence-corrected chi connectivity index (χ2v) is 10.1. The number of aryl methyl sites for hydroxylation is 1. The van der Waals surface area contributed by atoms with Gasteiger partial charge in [0.25, 0.3) is 11.6 Å². The number of amides is 2. The molecule has 3 rings (SSSR count). The number of hydrogen-bond donors (Lipinski definition) is 1. The van der Waals surface area contributed by atoms with Gasteiger partial charge < -0.3 is 10.2 Å². The summed E-state index contributed by atoms with van der Waals surface area (Å²) < 4.78 is 23.8. The lowest BCUT2D eigenvalue weighted by Gasteiger charge is -2.34. The van der Waals surface area contributed by atoms with E-state index in [9.17, 15) is 28.1 Å². The van der Waals surface area contributed by atoms with Gasteiger partial charge in [0.05, 0.1) is 16.4 Å². The molecule has 33 heavy (non-hydrogen) atoms. The van der Waals surface area contributed by atoms with Gasteiger partial charge in [-0.1, -0.05) is 12.1 Å². The van der Waals surface area contributed by atoms with Gasteiger partial charge in [-0.25, -0.2) is 8.42 Å². The zero-order valence-electron chi connectivity index (χ0n) is 18.7. The van der Waals surface area contributed by atoms with Crippen molar-refractivity contribution in [3.8, 4) is 0 Å². The number of sulfone groups is 1. The molecule has 1 saturated heterocycles. The summed E-state index contributed by atoms with van der Waals surface area (Å²) in [7, 11) is -3.73. The summed E-state index contributed by atoms with van der Waals surface area (Å²) in [6, 6.07) is 8.89. The van der Waals surface area contributed by atoms with E-state index in [1.165, 1.54) is 4.90 Å². The van der Waals surface area contributed by atoms with Crippen LogP contribution in [0.5, 0.6) is 0 Å². The molecular weight excluding hydrogens is 448 g/mol. The number of benzene rings is 2. The first kappa shape index (κ1) is 24.3. The van der Waals surface area contributed by atoms with Crippen LogP contribution in [0.2, 0.25) is 0 Å². The molecule has 0 atom stereocenters. The third-order valence-electron chi connectivity index (χ3n) is 5.68. The third-order valence-corrected chi connectivity index (χ3v) is 6.77. The SMILES string of the molecule is Cc1cccc(NC(=O)CN2CCN(C(=O)c3cc([N+](=O)[O-])cc(S(C)(=O)=O)c3)CC2)c1C. The number of piperazine rings is 1. The summed E-state index contributed by atoms with van der Waals surface area (Å²) in [6.07, 6.45) is 0.933. The van der Waals surface area contributed by atoms with E-state index in [0.717, 1.165) is 41.3 Å². The van der Waals surface area contributed by atoms with Crippen LogP contribution in [-0.4, -0.2) is 73.9 Å². The van der Waals surface area contributed by atoms with Gasteiger partial charge >= 0.3 is 0 Å². The molecule has 176 valence electrons. The van der Waals surface area contributed by atoms with Crippen LogP contribution >= 0.6 is 0 Å². The quantitative estimate of drug-likeness (QED) is 0.501. The number of rotatable bonds is 6. The number of anilines is 1. The van der Waals surface area contributed by atoms with Gasteiger partial charge in [-0.3, -0.25) is 24.6 Å². The van der Waals surface area contributed by atoms with Gasteiger partial charge in [0.1, 0.15) is 0 Å². The van der Waals surface area contributed by atoms with E-state index >= 15 is 0 Å². The van der Waals surface area contributed by atoms with Crippen molar-refractivity contribution in [1.82, 2.24) is 9.80 Å². The molecule has 1 heterocycles. The zero-order chi connectivity index (χ0) is 24.3. The lowest BCUT2D eigenvalue weighted by molar-refractivity contribution is -0.385. The first-order chi connectivity index (χ1) is 15.5. The van der Waals surface area contributed by atoms with E-state index in [1.54, 1.807) is 0 Å². The maximum atomic E-state index is 12.9. The monoisotopic (exact) mass is 474 g/mol. The Kier molecular flexibility index (Phi) is 7.13. The van der Waals surface area contributed by atoms with Crippen molar-refractivity contribution in [2.75, 3.05) is 44.3 Å². The molecule has 11 heteroatoms. The lowest BCUT2D eigenvalue weighted by atomic mass is 10.1. The van der Waals surface area contributed by atoms with Crippen molar-refractivity contribution in [3.05, 3.63) is 63.2 Å². The number of carbonyl (C=O) groups excluding carboxylic acids is 2. The molecule has 1 N–H and O–H groups in total. The summed E-state index contributed by atoms with van der Waals surface area (Å²) in [5, 5.41) is 14.1. The molecule has 1 aliphatic rings. The number of nitro groups is 1. The first-order valence-corrected chi connectivity index (χ1v) is 12.2. The number of nitro benzene ring substituents is 1. The van der Waals surface area contributed by atoms with E-state index in [2.05, 4.69) is 5.32 Å². The van der Waals surface area contributed by atoms with Crippen LogP contribution < -0.4 is 5.32 Å². The number of carbonyl (C=O) groups is 2. The minimum atomic E-state index is -3.73. The minimum Gasteiger partial charge on any atom is -0.336 e. The van der Waals surface area contributed by atoms with Gasteiger partial charge in [0, 0.05) is 55.8 Å². The molecule has 10 nitrogen and oxygen atoms in total. The Bertz CT molecular complexity index is 1200. The molecule has 0 saturated carbocycles. The molecular formula is C22H26N4O6S. The molecule has 2 aromatic rings. The topological polar surface area (TPSA) is 130 Å². The van der Waals surface area contributed by atoms with Gasteiger partial charge in [0.2, 0.25) is 5.91 Å². The van der Waals surface area contributed by atoms with Crippen LogP contribution in [0.25, 0.3) is 0 Å². The third kappa shape index (κ3) is 5.93. The molecule has 2 amide bonds. The Labute approximate surface area is 192 Å². The van der Waals surface area contributed by atoms with E-state index in [0.29, 0.717) is 26.2 Å². The van der Waals surface area contributed by atoms with Crippen molar-refractivity contribution < 1.29 is 22.9 Å². The molecule has 1 aliphatic heterocycles. The molecule has 0 unspecified atom stereocenters. The average Bonchev–Trinajstić information content (AvgIpc) is 2.76. The Morgan fingerprint density at radius 3 is 2.36 bits per heavy atom. The van der Waals surface area contributed by atoms with Crippen LogP contribution in [0.15, 0.2) is 41.3 Å². The predicted octanol–water partition coefficient (Wildman–Crippen LogP) is 2.01. The van der Waals surface area contributed by atoms with Crippen molar-refractivity contribution in [3.63, 3.8) is 0 Å². The van der Waals surface area contributed by atoms with Gasteiger partial charge in [-0.05, 0) is 37.1 Å². The van der Waals surface area contributed by atoms with E-state index in [-0.39, 0.29) is 22.9 Å². The van der Waals surface area contributed by atoms with Crippen LogP contribution in [0.1, 0.15) is 21.5 Å². The molecule has 2 aromatic carbocycles. The molecule has 0 spiro atoms. The van der Waals surface area contributed by atoms with Crippen LogP contribution in [0.3, 0.4) is 0 Å². The highest BCUT2D eigenvalue weighted by atomic mass is 32.2. The summed E-state index contributed by atoms with van der Waals surface area (Å²) in [5.74, 6) is -0.636. The number of nitrogens with one attached hydrogen (secondary N) is 1. The van der Waals surface area contributed by atoms with Crippen molar-refractivity contribution in [2.45, 2.75) is 18.7 Å². The zero-order valence-corrected chi connectivity index (χ0v) is 19.5. The fourth-order valence-corrected chi connectivity index (χ4v) is 4.27. The second kappa shape index (κ2) is 9.67. The normalized spacial score (nSPS) is 14.7. The molecule has 0 aromatic heterocycles.